The van der Waals surface area contributed by atoms with Crippen molar-refractivity contribution < 1.29 is 0 Å². The van der Waals surface area contributed by atoms with E-state index in [1.165, 1.54) is 0 Å². The van der Waals surface area contributed by atoms with Gasteiger partial charge in [0.2, 0.25) is 5.95 Å². The number of nitrogens with zero attached hydrogens (tertiary/aromatic N) is 5. The van der Waals surface area contributed by atoms with Gasteiger partial charge in [-0.2, -0.15) is 0 Å². The second kappa shape index (κ2) is 12.0. The molecule has 0 unspecified atom stereocenters. The van der Waals surface area contributed by atoms with Gasteiger partial charge in [0.05, 0.1) is 0 Å². The van der Waals surface area contributed by atoms with Crippen LogP contribution in [0.15, 0.2) is 36.1 Å². The van der Waals surface area contributed by atoms with Crippen LogP contribution in [0.5, 0.6) is 0 Å². The fraction of sp³-hybridized carbons (Fsp3) is 0.562. The molecular formula is C16H28IN7. The third-order valence-corrected chi connectivity index (χ3v) is 3.79. The van der Waals surface area contributed by atoms with E-state index in [2.05, 4.69) is 42.0 Å². The molecule has 0 spiro atoms. The van der Waals surface area contributed by atoms with E-state index in [-0.39, 0.29) is 24.0 Å². The lowest BCUT2D eigenvalue weighted by Crippen LogP contribution is -2.47. The fourth-order valence-electron chi connectivity index (χ4n) is 2.52. The molecule has 1 aromatic rings. The van der Waals surface area contributed by atoms with Gasteiger partial charge in [0.25, 0.3) is 0 Å². The van der Waals surface area contributed by atoms with E-state index in [1.807, 2.05) is 12.1 Å². The minimum Gasteiger partial charge on any atom is -0.356 e. The summed E-state index contributed by atoms with van der Waals surface area (Å²) in [5, 5.41) is 6.48. The maximum atomic E-state index is 4.32. The van der Waals surface area contributed by atoms with Crippen molar-refractivity contribution in [1.29, 1.82) is 0 Å². The van der Waals surface area contributed by atoms with E-state index in [0.717, 1.165) is 64.1 Å². The third kappa shape index (κ3) is 7.00. The number of aliphatic imine (C=N–C) groups is 1. The molecule has 7 nitrogen and oxygen atoms in total. The van der Waals surface area contributed by atoms with Crippen molar-refractivity contribution in [3.05, 3.63) is 31.1 Å². The predicted octanol–water partition coefficient (Wildman–Crippen LogP) is 0.958. The highest BCUT2D eigenvalue weighted by Crippen LogP contribution is 2.09. The van der Waals surface area contributed by atoms with Crippen molar-refractivity contribution in [2.45, 2.75) is 6.42 Å². The molecular weight excluding hydrogens is 417 g/mol. The summed E-state index contributed by atoms with van der Waals surface area (Å²) in [4.78, 5) is 17.5. The smallest absolute Gasteiger partial charge is 0.225 e. The van der Waals surface area contributed by atoms with Gasteiger partial charge in [0, 0.05) is 58.7 Å². The summed E-state index contributed by atoms with van der Waals surface area (Å²) in [6.07, 6.45) is 6.51. The van der Waals surface area contributed by atoms with Crippen LogP contribution in [-0.2, 0) is 0 Å². The highest BCUT2D eigenvalue weighted by Gasteiger charge is 2.17. The number of halogens is 1. The second-order valence-electron chi connectivity index (χ2n) is 5.40. The largest absolute Gasteiger partial charge is 0.356 e. The molecule has 0 aliphatic carbocycles. The normalized spacial score (nSPS) is 15.5. The molecule has 0 atom stereocenters. The van der Waals surface area contributed by atoms with Crippen LogP contribution in [-0.4, -0.2) is 73.7 Å². The molecule has 2 N–H and O–H groups in total. The topological polar surface area (TPSA) is 68.7 Å². The van der Waals surface area contributed by atoms with E-state index in [9.17, 15) is 0 Å². The Morgan fingerprint density at radius 3 is 2.58 bits per heavy atom. The van der Waals surface area contributed by atoms with Crippen LogP contribution in [0.1, 0.15) is 6.42 Å². The van der Waals surface area contributed by atoms with Crippen LogP contribution in [0.2, 0.25) is 0 Å². The van der Waals surface area contributed by atoms with Gasteiger partial charge in [-0.3, -0.25) is 9.89 Å². The zero-order valence-corrected chi connectivity index (χ0v) is 16.6. The van der Waals surface area contributed by atoms with E-state index in [4.69, 9.17) is 0 Å². The van der Waals surface area contributed by atoms with E-state index in [0.29, 0.717) is 0 Å². The number of hydrogen-bond acceptors (Lipinski definition) is 5. The van der Waals surface area contributed by atoms with Gasteiger partial charge < -0.3 is 15.5 Å². The fourth-order valence-corrected chi connectivity index (χ4v) is 2.52. The Morgan fingerprint density at radius 2 is 1.96 bits per heavy atom. The van der Waals surface area contributed by atoms with Crippen molar-refractivity contribution in [2.24, 2.45) is 4.99 Å². The first kappa shape index (κ1) is 20.6. The quantitative estimate of drug-likeness (QED) is 0.214. The molecule has 1 aliphatic heterocycles. The monoisotopic (exact) mass is 445 g/mol. The highest BCUT2D eigenvalue weighted by molar-refractivity contribution is 14.0. The molecule has 1 aromatic heterocycles. The summed E-state index contributed by atoms with van der Waals surface area (Å²) in [6.45, 7) is 10.5. The molecule has 0 saturated carbocycles. The highest BCUT2D eigenvalue weighted by atomic mass is 127. The Kier molecular flexibility index (Phi) is 10.3. The molecule has 8 heteroatoms. The first-order valence-corrected chi connectivity index (χ1v) is 8.13. The molecule has 134 valence electrons. The number of hydrogen-bond donors (Lipinski definition) is 2. The minimum atomic E-state index is 0. The van der Waals surface area contributed by atoms with Crippen molar-refractivity contribution in [3.63, 3.8) is 0 Å². The maximum absolute atomic E-state index is 4.32. The molecule has 1 saturated heterocycles. The van der Waals surface area contributed by atoms with Crippen LogP contribution in [0.4, 0.5) is 5.95 Å². The lowest BCUT2D eigenvalue weighted by Gasteiger charge is -2.34. The van der Waals surface area contributed by atoms with Crippen molar-refractivity contribution >= 4 is 35.9 Å². The molecule has 1 aliphatic rings. The number of piperazine rings is 1. The van der Waals surface area contributed by atoms with Gasteiger partial charge in [-0.05, 0) is 19.0 Å². The van der Waals surface area contributed by atoms with E-state index >= 15 is 0 Å². The summed E-state index contributed by atoms with van der Waals surface area (Å²) in [5.74, 6) is 1.67. The summed E-state index contributed by atoms with van der Waals surface area (Å²) >= 11 is 0. The maximum Gasteiger partial charge on any atom is 0.225 e. The van der Waals surface area contributed by atoms with Crippen LogP contribution in [0.25, 0.3) is 0 Å². The molecule has 2 rings (SSSR count). The van der Waals surface area contributed by atoms with Gasteiger partial charge in [-0.25, -0.2) is 9.97 Å². The molecule has 0 radical (unpaired) electrons. The van der Waals surface area contributed by atoms with Crippen LogP contribution >= 0.6 is 24.0 Å². The van der Waals surface area contributed by atoms with Crippen molar-refractivity contribution in [1.82, 2.24) is 25.5 Å². The molecule has 1 fully saturated rings. The molecule has 0 bridgehead atoms. The zero-order valence-electron chi connectivity index (χ0n) is 14.3. The predicted molar refractivity (Wildman–Crippen MR) is 110 cm³/mol. The van der Waals surface area contributed by atoms with Gasteiger partial charge >= 0.3 is 0 Å². The second-order valence-corrected chi connectivity index (χ2v) is 5.40. The van der Waals surface area contributed by atoms with Gasteiger partial charge in [0.1, 0.15) is 0 Å². The number of aromatic nitrogens is 2. The average Bonchev–Trinajstić information content (AvgIpc) is 2.62. The molecule has 0 aromatic carbocycles. The van der Waals surface area contributed by atoms with Crippen LogP contribution in [0, 0.1) is 0 Å². The Morgan fingerprint density at radius 1 is 1.25 bits per heavy atom. The van der Waals surface area contributed by atoms with Crippen LogP contribution in [0.3, 0.4) is 0 Å². The zero-order chi connectivity index (χ0) is 16.3. The van der Waals surface area contributed by atoms with Crippen molar-refractivity contribution in [3.8, 4) is 0 Å². The van der Waals surface area contributed by atoms with Gasteiger partial charge in [-0.15, -0.1) is 30.6 Å². The third-order valence-electron chi connectivity index (χ3n) is 3.79. The molecule has 0 amide bonds. The number of nitrogens with one attached hydrogen (secondary N) is 2. The Labute approximate surface area is 161 Å². The lowest BCUT2D eigenvalue weighted by molar-refractivity contribution is 0.254. The van der Waals surface area contributed by atoms with Gasteiger partial charge in [0.15, 0.2) is 5.96 Å². The number of guanidine groups is 1. The summed E-state index contributed by atoms with van der Waals surface area (Å²) < 4.78 is 0. The summed E-state index contributed by atoms with van der Waals surface area (Å²) in [7, 11) is 1.78. The first-order valence-electron chi connectivity index (χ1n) is 8.13. The first-order chi connectivity index (χ1) is 11.3. The van der Waals surface area contributed by atoms with E-state index < -0.39 is 0 Å². The van der Waals surface area contributed by atoms with Crippen molar-refractivity contribution in [2.75, 3.05) is 57.8 Å². The molecule has 2 heterocycles. The van der Waals surface area contributed by atoms with E-state index in [1.54, 1.807) is 19.4 Å². The lowest BCUT2D eigenvalue weighted by atomic mass is 10.3. The standard InChI is InChI=1S/C16H27N7.HI/c1-3-6-18-15(17-2)19-9-5-10-22-11-13-23(14-12-22)16-20-7-4-8-21-16;/h3-4,7-8H,1,5-6,9-14H2,2H3,(H2,17,18,19);1H. The number of rotatable bonds is 7. The minimum absolute atomic E-state index is 0. The van der Waals surface area contributed by atoms with Gasteiger partial charge in [-0.1, -0.05) is 6.08 Å². The summed E-state index contributed by atoms with van der Waals surface area (Å²) in [6, 6.07) is 1.85. The Balaban J connectivity index is 0.00000288. The summed E-state index contributed by atoms with van der Waals surface area (Å²) in [5.41, 5.74) is 0. The number of anilines is 1. The SMILES string of the molecule is C=CCNC(=NC)NCCCN1CCN(c2ncccn2)CC1.I. The molecule has 24 heavy (non-hydrogen) atoms. The Hall–Kier alpha value is -1.42. The Bertz CT molecular complexity index is 486. The van der Waals surface area contributed by atoms with Crippen LogP contribution < -0.4 is 15.5 Å². The average molecular weight is 445 g/mol.